The molecule has 1 atom stereocenters. The molecule has 3 aliphatic rings. The first kappa shape index (κ1) is 30.6. The van der Waals surface area contributed by atoms with Crippen molar-refractivity contribution in [2.75, 3.05) is 31.6 Å². The normalized spacial score (nSPS) is 19.0. The zero-order valence-corrected chi connectivity index (χ0v) is 26.1. The van der Waals surface area contributed by atoms with Crippen molar-refractivity contribution in [3.8, 4) is 22.8 Å². The van der Waals surface area contributed by atoms with Gasteiger partial charge in [0.05, 0.1) is 30.2 Å². The van der Waals surface area contributed by atoms with Crippen LogP contribution in [-0.2, 0) is 34.5 Å². The second kappa shape index (κ2) is 12.9. The van der Waals surface area contributed by atoms with Crippen LogP contribution in [0.2, 0.25) is 0 Å². The lowest BCUT2D eigenvalue weighted by molar-refractivity contribution is -0.634. The summed E-state index contributed by atoms with van der Waals surface area (Å²) >= 11 is 0. The molecule has 0 radical (unpaired) electrons. The number of amides is 2. The molecule has 3 heterocycles. The van der Waals surface area contributed by atoms with Crippen molar-refractivity contribution < 1.29 is 33.5 Å². The van der Waals surface area contributed by atoms with Crippen LogP contribution in [0.15, 0.2) is 84.5 Å². The Kier molecular flexibility index (Phi) is 8.61. The maximum absolute atomic E-state index is 13.0. The summed E-state index contributed by atoms with van der Waals surface area (Å²) in [5.74, 6) is -0.731. The van der Waals surface area contributed by atoms with E-state index in [1.165, 1.54) is 0 Å². The van der Waals surface area contributed by atoms with E-state index in [-0.39, 0.29) is 18.4 Å². The SMILES string of the molecule is CCc1cc2cc3c([n+](C)c2cc1OC)-c1ccc(N2CC(C(=O)NC(CNC(=O)C4=C/C=C\C=C/C=C\4)C(=O)O)C2)cc1OC3. The number of ether oxygens (including phenoxy) is 2. The molecule has 2 amide bonds. The summed E-state index contributed by atoms with van der Waals surface area (Å²) in [6, 6.07) is 11.3. The Balaban J connectivity index is 1.10. The van der Waals surface area contributed by atoms with Gasteiger partial charge in [-0.15, -0.1) is 0 Å². The number of aryl methyl sites for hydroxylation is 2. The first-order valence-electron chi connectivity index (χ1n) is 15.3. The van der Waals surface area contributed by atoms with Crippen LogP contribution in [-0.4, -0.2) is 55.7 Å². The molecule has 2 aliphatic heterocycles. The average Bonchev–Trinajstić information content (AvgIpc) is 3.01. The molecule has 1 unspecified atom stereocenters. The molecule has 0 saturated carbocycles. The number of carbonyl (C=O) groups is 3. The summed E-state index contributed by atoms with van der Waals surface area (Å²) in [4.78, 5) is 39.5. The van der Waals surface area contributed by atoms with Gasteiger partial charge in [0.25, 0.3) is 5.91 Å². The first-order chi connectivity index (χ1) is 22.3. The number of anilines is 1. The van der Waals surface area contributed by atoms with E-state index < -0.39 is 17.9 Å². The predicted molar refractivity (Wildman–Crippen MR) is 175 cm³/mol. The number of pyridine rings is 1. The summed E-state index contributed by atoms with van der Waals surface area (Å²) in [5, 5.41) is 16.0. The lowest BCUT2D eigenvalue weighted by atomic mass is 9.95. The largest absolute Gasteiger partial charge is 0.496 e. The van der Waals surface area contributed by atoms with E-state index in [1.54, 1.807) is 43.6 Å². The van der Waals surface area contributed by atoms with Crippen molar-refractivity contribution in [3.63, 3.8) is 0 Å². The Morgan fingerprint density at radius 3 is 2.63 bits per heavy atom. The number of fused-ring (bicyclic) bond motifs is 4. The van der Waals surface area contributed by atoms with Gasteiger partial charge < -0.3 is 30.1 Å². The number of benzene rings is 2. The molecule has 10 nitrogen and oxygen atoms in total. The van der Waals surface area contributed by atoms with Crippen LogP contribution < -0.4 is 29.6 Å². The number of carboxylic acids is 1. The van der Waals surface area contributed by atoms with Gasteiger partial charge in [-0.05, 0) is 48.4 Å². The van der Waals surface area contributed by atoms with Crippen LogP contribution in [0, 0.1) is 5.92 Å². The second-order valence-electron chi connectivity index (χ2n) is 11.6. The van der Waals surface area contributed by atoms with E-state index in [4.69, 9.17) is 9.47 Å². The second-order valence-corrected chi connectivity index (χ2v) is 11.6. The molecule has 236 valence electrons. The van der Waals surface area contributed by atoms with Crippen molar-refractivity contribution in [2.24, 2.45) is 13.0 Å². The lowest BCUT2D eigenvalue weighted by Gasteiger charge is -2.40. The van der Waals surface area contributed by atoms with Crippen molar-refractivity contribution in [2.45, 2.75) is 26.0 Å². The van der Waals surface area contributed by atoms with Gasteiger partial charge in [0, 0.05) is 42.3 Å². The number of allylic oxidation sites excluding steroid dienone is 6. The smallest absolute Gasteiger partial charge is 0.328 e. The third-order valence-corrected chi connectivity index (χ3v) is 8.70. The molecule has 2 aromatic carbocycles. The van der Waals surface area contributed by atoms with Crippen LogP contribution in [0.3, 0.4) is 0 Å². The summed E-state index contributed by atoms with van der Waals surface area (Å²) < 4.78 is 14.1. The predicted octanol–water partition coefficient (Wildman–Crippen LogP) is 3.53. The van der Waals surface area contributed by atoms with Crippen LogP contribution in [0.25, 0.3) is 22.2 Å². The zero-order chi connectivity index (χ0) is 32.4. The molecule has 0 spiro atoms. The quantitative estimate of drug-likeness (QED) is 0.313. The highest BCUT2D eigenvalue weighted by Crippen LogP contribution is 2.40. The average molecular weight is 622 g/mol. The van der Waals surface area contributed by atoms with Crippen LogP contribution >= 0.6 is 0 Å². The number of aliphatic carboxylic acids is 1. The molecule has 1 aliphatic carbocycles. The molecule has 6 rings (SSSR count). The molecular weight excluding hydrogens is 584 g/mol. The number of carbonyl (C=O) groups excluding carboxylic acids is 2. The summed E-state index contributed by atoms with van der Waals surface area (Å²) in [5.41, 5.74) is 6.74. The standard InChI is InChI=1S/C36H36N4O6/c1-4-22-14-24-15-25-21-46-32-16-27(12-13-28(32)33(25)39(2)30(24)17-31(22)45-3)40-19-26(20-40)35(42)38-29(36(43)44)18-37-34(41)23-10-8-6-5-7-9-11-23/h5-17,26,29H,4,18-21H2,1-3H3,(H2-,37,38,41,42,43,44)/p+1/b6-5-,7-5?,8-6?,9-7-,10-8-,11-9?,23-10?,23-11+. The molecule has 3 N–H and O–H groups in total. The van der Waals surface area contributed by atoms with E-state index in [2.05, 4.69) is 58.3 Å². The molecule has 0 bridgehead atoms. The van der Waals surface area contributed by atoms with Crippen LogP contribution in [0.4, 0.5) is 5.69 Å². The summed E-state index contributed by atoms with van der Waals surface area (Å²) in [7, 11) is 3.76. The Labute approximate surface area is 267 Å². The first-order valence-corrected chi connectivity index (χ1v) is 15.3. The molecule has 10 heteroatoms. The highest BCUT2D eigenvalue weighted by molar-refractivity contribution is 5.97. The number of nitrogens with one attached hydrogen (secondary N) is 2. The third kappa shape index (κ3) is 5.98. The summed E-state index contributed by atoms with van der Waals surface area (Å²) in [6.45, 7) is 3.21. The van der Waals surface area contributed by atoms with E-state index in [9.17, 15) is 19.5 Å². The minimum Gasteiger partial charge on any atom is -0.496 e. The number of methoxy groups -OCH3 is 1. The van der Waals surface area contributed by atoms with Gasteiger partial charge in [-0.25, -0.2) is 4.79 Å². The monoisotopic (exact) mass is 621 g/mol. The minimum atomic E-state index is -1.25. The van der Waals surface area contributed by atoms with Gasteiger partial charge in [0.15, 0.2) is 0 Å². The molecule has 3 aromatic rings. The van der Waals surface area contributed by atoms with E-state index in [1.807, 2.05) is 18.2 Å². The van der Waals surface area contributed by atoms with Gasteiger partial charge in [-0.1, -0.05) is 37.3 Å². The molecule has 46 heavy (non-hydrogen) atoms. The van der Waals surface area contributed by atoms with Gasteiger partial charge >= 0.3 is 5.97 Å². The Morgan fingerprint density at radius 2 is 1.87 bits per heavy atom. The fourth-order valence-corrected chi connectivity index (χ4v) is 6.10. The number of aromatic nitrogens is 1. The number of rotatable bonds is 9. The van der Waals surface area contributed by atoms with Gasteiger partial charge in [0.2, 0.25) is 17.1 Å². The van der Waals surface area contributed by atoms with Gasteiger partial charge in [-0.2, -0.15) is 4.57 Å². The van der Waals surface area contributed by atoms with Crippen molar-refractivity contribution in [1.29, 1.82) is 0 Å². The Hall–Kier alpha value is -5.38. The fourth-order valence-electron chi connectivity index (χ4n) is 6.10. The number of carboxylic acid groups (broad SMARTS) is 1. The van der Waals surface area contributed by atoms with Gasteiger partial charge in [0.1, 0.15) is 31.2 Å². The summed E-state index contributed by atoms with van der Waals surface area (Å²) in [6.07, 6.45) is 13.0. The zero-order valence-electron chi connectivity index (χ0n) is 26.1. The molecule has 1 aromatic heterocycles. The molecule has 1 fully saturated rings. The van der Waals surface area contributed by atoms with E-state index in [0.29, 0.717) is 25.3 Å². The van der Waals surface area contributed by atoms with Crippen molar-refractivity contribution in [1.82, 2.24) is 10.6 Å². The highest BCUT2D eigenvalue weighted by Gasteiger charge is 2.36. The maximum atomic E-state index is 13.0. The highest BCUT2D eigenvalue weighted by atomic mass is 16.5. The molecular formula is C36H37N4O6+. The lowest BCUT2D eigenvalue weighted by Crippen LogP contribution is -2.58. The van der Waals surface area contributed by atoms with Crippen LogP contribution in [0.1, 0.15) is 18.1 Å². The van der Waals surface area contributed by atoms with Crippen molar-refractivity contribution in [3.05, 3.63) is 95.6 Å². The molecule has 1 saturated heterocycles. The number of hydrogen-bond acceptors (Lipinski definition) is 6. The van der Waals surface area contributed by atoms with Gasteiger partial charge in [-0.3, -0.25) is 9.59 Å². The Morgan fingerprint density at radius 1 is 1.09 bits per heavy atom. The van der Waals surface area contributed by atoms with Crippen molar-refractivity contribution >= 4 is 34.4 Å². The van der Waals surface area contributed by atoms with E-state index >= 15 is 0 Å². The maximum Gasteiger partial charge on any atom is 0.328 e. The topological polar surface area (TPSA) is 121 Å². The minimum absolute atomic E-state index is 0.232. The van der Waals surface area contributed by atoms with Crippen LogP contribution in [0.5, 0.6) is 11.5 Å². The van der Waals surface area contributed by atoms with E-state index in [0.717, 1.165) is 56.9 Å². The number of nitrogens with zero attached hydrogens (tertiary/aromatic N) is 2. The third-order valence-electron chi connectivity index (χ3n) is 8.70. The number of hydrogen-bond donors (Lipinski definition) is 3. The Bertz CT molecular complexity index is 1850. The fraction of sp³-hybridized carbons (Fsp3) is 0.278.